The van der Waals surface area contributed by atoms with Crippen molar-refractivity contribution in [3.63, 3.8) is 0 Å². The van der Waals surface area contributed by atoms with E-state index in [-0.39, 0.29) is 16.7 Å². The lowest BCUT2D eigenvalue weighted by Gasteiger charge is -2.13. The third-order valence-electron chi connectivity index (χ3n) is 2.36. The molecule has 1 N–H and O–H groups in total. The van der Waals surface area contributed by atoms with Crippen LogP contribution < -0.4 is 5.32 Å². The summed E-state index contributed by atoms with van der Waals surface area (Å²) in [6, 6.07) is 5.47. The molecule has 0 spiro atoms. The van der Waals surface area contributed by atoms with E-state index in [1.165, 1.54) is 0 Å². The average molecular weight is 208 g/mol. The smallest absolute Gasteiger partial charge is 0.292 e. The van der Waals surface area contributed by atoms with E-state index in [2.05, 4.69) is 5.32 Å². The fraction of sp³-hybridized carbons (Fsp3) is 0.455. The van der Waals surface area contributed by atoms with Crippen LogP contribution in [0.1, 0.15) is 25.8 Å². The molecule has 0 heterocycles. The highest BCUT2D eigenvalue weighted by Gasteiger charge is 2.14. The first-order valence-corrected chi connectivity index (χ1v) is 5.06. The van der Waals surface area contributed by atoms with Gasteiger partial charge in [-0.3, -0.25) is 10.1 Å². The van der Waals surface area contributed by atoms with Crippen LogP contribution >= 0.6 is 0 Å². The molecule has 0 amide bonds. The molecule has 1 rings (SSSR count). The fourth-order valence-electron chi connectivity index (χ4n) is 1.28. The highest BCUT2D eigenvalue weighted by molar-refractivity contribution is 5.62. The van der Waals surface area contributed by atoms with Crippen molar-refractivity contribution >= 4 is 11.4 Å². The standard InChI is InChI=1S/C11H16N2O2/c1-4-9(3)12-10-6-5-8(2)7-11(10)13(14)15/h5-7,9,12H,4H2,1-3H3/t9-/m1/s1. The Labute approximate surface area is 89.5 Å². The summed E-state index contributed by atoms with van der Waals surface area (Å²) in [6.45, 7) is 5.89. The highest BCUT2D eigenvalue weighted by atomic mass is 16.6. The largest absolute Gasteiger partial charge is 0.377 e. The summed E-state index contributed by atoms with van der Waals surface area (Å²) >= 11 is 0. The molecule has 0 saturated carbocycles. The van der Waals surface area contributed by atoms with Gasteiger partial charge in [-0.1, -0.05) is 13.0 Å². The monoisotopic (exact) mass is 208 g/mol. The zero-order valence-corrected chi connectivity index (χ0v) is 9.28. The summed E-state index contributed by atoms with van der Waals surface area (Å²) in [7, 11) is 0. The molecular formula is C11H16N2O2. The van der Waals surface area contributed by atoms with Gasteiger partial charge < -0.3 is 5.32 Å². The molecule has 1 atom stereocenters. The van der Waals surface area contributed by atoms with Crippen LogP contribution in [0.3, 0.4) is 0 Å². The van der Waals surface area contributed by atoms with Gasteiger partial charge in [0.05, 0.1) is 4.92 Å². The van der Waals surface area contributed by atoms with Crippen molar-refractivity contribution in [3.8, 4) is 0 Å². The fourth-order valence-corrected chi connectivity index (χ4v) is 1.28. The zero-order chi connectivity index (χ0) is 11.4. The lowest BCUT2D eigenvalue weighted by atomic mass is 10.1. The predicted octanol–water partition coefficient (Wildman–Crippen LogP) is 3.11. The first kappa shape index (κ1) is 11.5. The Morgan fingerprint density at radius 1 is 1.53 bits per heavy atom. The molecule has 15 heavy (non-hydrogen) atoms. The third-order valence-corrected chi connectivity index (χ3v) is 2.36. The molecule has 1 aromatic rings. The van der Waals surface area contributed by atoms with Crippen molar-refractivity contribution in [2.24, 2.45) is 0 Å². The second kappa shape index (κ2) is 4.77. The molecule has 0 bridgehead atoms. The zero-order valence-electron chi connectivity index (χ0n) is 9.28. The van der Waals surface area contributed by atoms with Crippen LogP contribution in [0, 0.1) is 17.0 Å². The van der Waals surface area contributed by atoms with E-state index in [9.17, 15) is 10.1 Å². The Balaban J connectivity index is 3.01. The maximum absolute atomic E-state index is 10.8. The predicted molar refractivity (Wildman–Crippen MR) is 61.2 cm³/mol. The van der Waals surface area contributed by atoms with Gasteiger partial charge in [-0.2, -0.15) is 0 Å². The molecule has 0 aliphatic rings. The van der Waals surface area contributed by atoms with Crippen LogP contribution in [0.15, 0.2) is 18.2 Å². The van der Waals surface area contributed by atoms with E-state index in [0.29, 0.717) is 5.69 Å². The Hall–Kier alpha value is -1.58. The number of nitro benzene ring substituents is 1. The quantitative estimate of drug-likeness (QED) is 0.611. The van der Waals surface area contributed by atoms with E-state index < -0.39 is 0 Å². The van der Waals surface area contributed by atoms with Gasteiger partial charge in [-0.05, 0) is 31.9 Å². The number of benzene rings is 1. The van der Waals surface area contributed by atoms with Gasteiger partial charge in [0, 0.05) is 12.1 Å². The molecule has 0 aliphatic carbocycles. The van der Waals surface area contributed by atoms with Crippen LogP contribution in [0.4, 0.5) is 11.4 Å². The number of nitrogens with one attached hydrogen (secondary N) is 1. The summed E-state index contributed by atoms with van der Waals surface area (Å²) in [4.78, 5) is 10.5. The Morgan fingerprint density at radius 3 is 2.73 bits per heavy atom. The van der Waals surface area contributed by atoms with Crippen LogP contribution in [0.2, 0.25) is 0 Å². The summed E-state index contributed by atoms with van der Waals surface area (Å²) in [5.41, 5.74) is 1.65. The van der Waals surface area contributed by atoms with E-state index >= 15 is 0 Å². The third kappa shape index (κ3) is 2.94. The van der Waals surface area contributed by atoms with Gasteiger partial charge >= 0.3 is 0 Å². The molecule has 0 aliphatic heterocycles. The molecule has 82 valence electrons. The number of hydrogen-bond acceptors (Lipinski definition) is 3. The van der Waals surface area contributed by atoms with E-state index in [1.54, 1.807) is 12.1 Å². The van der Waals surface area contributed by atoms with Crippen LogP contribution in [-0.4, -0.2) is 11.0 Å². The van der Waals surface area contributed by atoms with Crippen molar-refractivity contribution in [1.82, 2.24) is 0 Å². The number of rotatable bonds is 4. The minimum atomic E-state index is -0.349. The number of hydrogen-bond donors (Lipinski definition) is 1. The van der Waals surface area contributed by atoms with Gasteiger partial charge in [0.15, 0.2) is 0 Å². The molecule has 1 aromatic carbocycles. The minimum absolute atomic E-state index is 0.148. The van der Waals surface area contributed by atoms with Gasteiger partial charge in [-0.15, -0.1) is 0 Å². The topological polar surface area (TPSA) is 55.2 Å². The van der Waals surface area contributed by atoms with E-state index in [1.807, 2.05) is 26.8 Å². The maximum atomic E-state index is 10.8. The Bertz CT molecular complexity index is 364. The van der Waals surface area contributed by atoms with Gasteiger partial charge in [0.25, 0.3) is 5.69 Å². The molecular weight excluding hydrogens is 192 g/mol. The molecule has 0 unspecified atom stereocenters. The molecule has 0 saturated heterocycles. The van der Waals surface area contributed by atoms with Crippen LogP contribution in [0.5, 0.6) is 0 Å². The molecule has 0 radical (unpaired) electrons. The summed E-state index contributed by atoms with van der Waals surface area (Å²) in [6.07, 6.45) is 0.936. The Kier molecular flexibility index (Phi) is 3.66. The number of nitro groups is 1. The van der Waals surface area contributed by atoms with Crippen LogP contribution in [0.25, 0.3) is 0 Å². The first-order valence-electron chi connectivity index (χ1n) is 5.06. The summed E-state index contributed by atoms with van der Waals surface area (Å²) in [5, 5.41) is 13.9. The summed E-state index contributed by atoms with van der Waals surface area (Å²) in [5.74, 6) is 0. The minimum Gasteiger partial charge on any atom is -0.377 e. The molecule has 4 nitrogen and oxygen atoms in total. The second-order valence-corrected chi connectivity index (χ2v) is 3.73. The molecule has 4 heteroatoms. The van der Waals surface area contributed by atoms with Crippen molar-refractivity contribution in [2.45, 2.75) is 33.2 Å². The highest BCUT2D eigenvalue weighted by Crippen LogP contribution is 2.26. The van der Waals surface area contributed by atoms with E-state index in [4.69, 9.17) is 0 Å². The van der Waals surface area contributed by atoms with Gasteiger partial charge in [0.1, 0.15) is 5.69 Å². The Morgan fingerprint density at radius 2 is 2.20 bits per heavy atom. The SMILES string of the molecule is CC[C@@H](C)Nc1ccc(C)cc1[N+](=O)[O-]. The first-order chi connectivity index (χ1) is 7.04. The number of anilines is 1. The van der Waals surface area contributed by atoms with Gasteiger partial charge in [-0.25, -0.2) is 0 Å². The average Bonchev–Trinajstić information content (AvgIpc) is 2.20. The lowest BCUT2D eigenvalue weighted by Crippen LogP contribution is -2.14. The van der Waals surface area contributed by atoms with Crippen molar-refractivity contribution in [1.29, 1.82) is 0 Å². The van der Waals surface area contributed by atoms with E-state index in [0.717, 1.165) is 12.0 Å². The second-order valence-electron chi connectivity index (χ2n) is 3.73. The summed E-state index contributed by atoms with van der Waals surface area (Å²) < 4.78 is 0. The maximum Gasteiger partial charge on any atom is 0.292 e. The van der Waals surface area contributed by atoms with Crippen molar-refractivity contribution in [2.75, 3.05) is 5.32 Å². The lowest BCUT2D eigenvalue weighted by molar-refractivity contribution is -0.384. The van der Waals surface area contributed by atoms with Crippen LogP contribution in [-0.2, 0) is 0 Å². The molecule has 0 aromatic heterocycles. The van der Waals surface area contributed by atoms with Gasteiger partial charge in [0.2, 0.25) is 0 Å². The van der Waals surface area contributed by atoms with Crippen molar-refractivity contribution in [3.05, 3.63) is 33.9 Å². The normalized spacial score (nSPS) is 12.2. The van der Waals surface area contributed by atoms with Crippen molar-refractivity contribution < 1.29 is 4.92 Å². The molecule has 0 fully saturated rings. The number of nitrogens with zero attached hydrogens (tertiary/aromatic N) is 1. The number of aryl methyl sites for hydroxylation is 1.